The number of hydrogen-bond donors (Lipinski definition) is 2. The normalized spacial score (nSPS) is 20.5. The lowest BCUT2D eigenvalue weighted by atomic mass is 9.91. The molecule has 12 heteroatoms. The van der Waals surface area contributed by atoms with E-state index in [1.165, 1.54) is 4.90 Å². The topological polar surface area (TPSA) is 140 Å². The minimum Gasteiger partial charge on any atom is -0.493 e. The zero-order chi connectivity index (χ0) is 35.4. The molecule has 0 radical (unpaired) electrons. The fourth-order valence-corrected chi connectivity index (χ4v) is 6.84. The van der Waals surface area contributed by atoms with Crippen molar-refractivity contribution in [3.63, 3.8) is 0 Å². The summed E-state index contributed by atoms with van der Waals surface area (Å²) >= 11 is 0. The Hall–Kier alpha value is -4.68. The predicted molar refractivity (Wildman–Crippen MR) is 184 cm³/mol. The molecule has 2 fully saturated rings. The van der Waals surface area contributed by atoms with Gasteiger partial charge in [-0.2, -0.15) is 0 Å². The summed E-state index contributed by atoms with van der Waals surface area (Å²) in [7, 11) is 0. The van der Waals surface area contributed by atoms with Crippen molar-refractivity contribution in [2.24, 2.45) is 0 Å². The van der Waals surface area contributed by atoms with E-state index >= 15 is 0 Å². The van der Waals surface area contributed by atoms with E-state index < -0.39 is 29.7 Å². The molecule has 3 aliphatic heterocycles. The predicted octanol–water partition coefficient (Wildman–Crippen LogP) is 4.52. The monoisotopic (exact) mass is 686 g/mol. The molecular formula is C38H46N4O8. The number of amides is 3. The van der Waals surface area contributed by atoms with Crippen molar-refractivity contribution in [1.82, 2.24) is 20.1 Å². The van der Waals surface area contributed by atoms with Crippen LogP contribution in [0.4, 0.5) is 4.79 Å². The summed E-state index contributed by atoms with van der Waals surface area (Å²) in [6.45, 7) is 8.98. The number of benzene rings is 2. The molecule has 6 rings (SSSR count). The molecule has 50 heavy (non-hydrogen) atoms. The van der Waals surface area contributed by atoms with Gasteiger partial charge in [-0.3, -0.25) is 19.5 Å². The third-order valence-electron chi connectivity index (χ3n) is 9.29. The van der Waals surface area contributed by atoms with Crippen LogP contribution in [0.3, 0.4) is 0 Å². The first kappa shape index (κ1) is 35.2. The first-order chi connectivity index (χ1) is 24.0. The SMILES string of the molecule is CCOc1cc(C(=O)N2C3CCC2COC3)ccc1C(=O)NC[C@@H](O)[C@@H]1Cc2ccc(OCc3ccncc3)cc2CN1C(=O)OC(C)(C)C. The smallest absolute Gasteiger partial charge is 0.410 e. The van der Waals surface area contributed by atoms with Gasteiger partial charge in [-0.05, 0) is 106 Å². The molecule has 4 atom stereocenters. The van der Waals surface area contributed by atoms with Crippen LogP contribution in [0.25, 0.3) is 0 Å². The average Bonchev–Trinajstić information content (AvgIpc) is 3.35. The average molecular weight is 687 g/mol. The van der Waals surface area contributed by atoms with Crippen molar-refractivity contribution in [3.8, 4) is 11.5 Å². The molecule has 2 bridgehead atoms. The minimum absolute atomic E-state index is 0.0567. The van der Waals surface area contributed by atoms with Gasteiger partial charge < -0.3 is 34.3 Å². The van der Waals surface area contributed by atoms with Gasteiger partial charge in [-0.15, -0.1) is 0 Å². The summed E-state index contributed by atoms with van der Waals surface area (Å²) in [4.78, 5) is 47.9. The zero-order valence-corrected chi connectivity index (χ0v) is 29.1. The van der Waals surface area contributed by atoms with Crippen LogP contribution in [0, 0.1) is 0 Å². The molecule has 266 valence electrons. The van der Waals surface area contributed by atoms with Crippen molar-refractivity contribution >= 4 is 17.9 Å². The second-order valence-electron chi connectivity index (χ2n) is 14.0. The Kier molecular flexibility index (Phi) is 10.6. The number of carbonyl (C=O) groups excluding carboxylic acids is 3. The van der Waals surface area contributed by atoms with Crippen LogP contribution in [0.15, 0.2) is 60.9 Å². The summed E-state index contributed by atoms with van der Waals surface area (Å²) in [6.07, 6.45) is 3.93. The number of aliphatic hydroxyl groups is 1. The highest BCUT2D eigenvalue weighted by atomic mass is 16.6. The number of ether oxygens (including phenoxy) is 4. The molecule has 2 N–H and O–H groups in total. The molecule has 1 aromatic heterocycles. The van der Waals surface area contributed by atoms with Gasteiger partial charge >= 0.3 is 6.09 Å². The Morgan fingerprint density at radius 3 is 2.44 bits per heavy atom. The standard InChI is InChI=1S/C38H46N4O8/c1-5-48-34-18-26(36(45)42-28-8-9-29(42)23-47-22-28)7-11-31(34)35(44)40-19-33(43)32-17-25-6-10-30(49-21-24-12-14-39-15-13-24)16-27(25)20-41(32)37(46)50-38(2,3)4/h6-7,10-16,18,28-29,32-33,43H,5,8-9,17,19-23H2,1-4H3,(H,40,44)/t28?,29?,32-,33+/m0/s1. The van der Waals surface area contributed by atoms with Crippen LogP contribution < -0.4 is 14.8 Å². The molecular weight excluding hydrogens is 640 g/mol. The lowest BCUT2D eigenvalue weighted by molar-refractivity contribution is -0.0113. The number of nitrogens with zero attached hydrogens (tertiary/aromatic N) is 3. The van der Waals surface area contributed by atoms with Crippen LogP contribution in [-0.4, -0.2) is 94.0 Å². The minimum atomic E-state index is -1.12. The van der Waals surface area contributed by atoms with Crippen molar-refractivity contribution in [3.05, 3.63) is 88.7 Å². The quantitative estimate of drug-likeness (QED) is 0.315. The molecule has 4 heterocycles. The van der Waals surface area contributed by atoms with Crippen LogP contribution in [0.1, 0.15) is 77.9 Å². The van der Waals surface area contributed by atoms with Crippen molar-refractivity contribution < 1.29 is 38.4 Å². The van der Waals surface area contributed by atoms with Gasteiger partial charge in [0, 0.05) is 31.0 Å². The van der Waals surface area contributed by atoms with Crippen molar-refractivity contribution in [2.75, 3.05) is 26.4 Å². The number of morpholine rings is 1. The number of hydrogen-bond acceptors (Lipinski definition) is 9. The Bertz CT molecular complexity index is 1680. The fraction of sp³-hybridized carbons (Fsp3) is 0.474. The molecule has 2 unspecified atom stereocenters. The van der Waals surface area contributed by atoms with Gasteiger partial charge in [0.15, 0.2) is 0 Å². The number of fused-ring (bicyclic) bond motifs is 3. The van der Waals surface area contributed by atoms with Crippen molar-refractivity contribution in [2.45, 2.75) is 89.9 Å². The fourth-order valence-electron chi connectivity index (χ4n) is 6.84. The molecule has 2 aromatic carbocycles. The number of carbonyl (C=O) groups is 3. The highest BCUT2D eigenvalue weighted by Crippen LogP contribution is 2.33. The largest absolute Gasteiger partial charge is 0.493 e. The summed E-state index contributed by atoms with van der Waals surface area (Å²) in [6, 6.07) is 13.8. The third-order valence-corrected chi connectivity index (χ3v) is 9.29. The van der Waals surface area contributed by atoms with E-state index in [4.69, 9.17) is 18.9 Å². The van der Waals surface area contributed by atoms with E-state index in [0.29, 0.717) is 44.2 Å². The number of rotatable bonds is 10. The highest BCUT2D eigenvalue weighted by Gasteiger charge is 2.41. The second kappa shape index (κ2) is 15.1. The molecule has 3 amide bonds. The van der Waals surface area contributed by atoms with E-state index in [1.807, 2.05) is 42.2 Å². The Morgan fingerprint density at radius 2 is 1.74 bits per heavy atom. The summed E-state index contributed by atoms with van der Waals surface area (Å²) in [5.41, 5.74) is 2.78. The molecule has 0 saturated carbocycles. The van der Waals surface area contributed by atoms with Crippen LogP contribution >= 0.6 is 0 Å². The number of nitrogens with one attached hydrogen (secondary N) is 1. The zero-order valence-electron chi connectivity index (χ0n) is 29.1. The summed E-state index contributed by atoms with van der Waals surface area (Å²) in [5.74, 6) is 0.381. The Labute approximate surface area is 292 Å². The first-order valence-corrected chi connectivity index (χ1v) is 17.3. The molecule has 2 saturated heterocycles. The molecule has 3 aromatic rings. The van der Waals surface area contributed by atoms with Crippen LogP contribution in [0.5, 0.6) is 11.5 Å². The number of pyridine rings is 1. The van der Waals surface area contributed by atoms with E-state index in [1.54, 1.807) is 51.4 Å². The highest BCUT2D eigenvalue weighted by molar-refractivity contribution is 6.00. The van der Waals surface area contributed by atoms with E-state index in [-0.39, 0.29) is 42.4 Å². The van der Waals surface area contributed by atoms with Gasteiger partial charge in [0.1, 0.15) is 23.7 Å². The number of aromatic nitrogens is 1. The van der Waals surface area contributed by atoms with Gasteiger partial charge in [0.25, 0.3) is 11.8 Å². The van der Waals surface area contributed by atoms with E-state index in [2.05, 4.69) is 10.3 Å². The van der Waals surface area contributed by atoms with E-state index in [0.717, 1.165) is 29.5 Å². The number of aliphatic hydroxyl groups excluding tert-OH is 1. The van der Waals surface area contributed by atoms with Crippen LogP contribution in [0.2, 0.25) is 0 Å². The maximum absolute atomic E-state index is 13.5. The van der Waals surface area contributed by atoms with Gasteiger partial charge in [-0.25, -0.2) is 4.79 Å². The summed E-state index contributed by atoms with van der Waals surface area (Å²) in [5, 5.41) is 14.3. The van der Waals surface area contributed by atoms with E-state index in [9.17, 15) is 19.5 Å². The van der Waals surface area contributed by atoms with Crippen molar-refractivity contribution in [1.29, 1.82) is 0 Å². The maximum atomic E-state index is 13.5. The molecule has 0 spiro atoms. The lowest BCUT2D eigenvalue weighted by Gasteiger charge is -2.40. The van der Waals surface area contributed by atoms with Gasteiger partial charge in [0.2, 0.25) is 0 Å². The maximum Gasteiger partial charge on any atom is 0.410 e. The second-order valence-corrected chi connectivity index (χ2v) is 14.0. The summed E-state index contributed by atoms with van der Waals surface area (Å²) < 4.78 is 23.2. The van der Waals surface area contributed by atoms with Crippen LogP contribution in [-0.2, 0) is 29.0 Å². The molecule has 0 aliphatic carbocycles. The van der Waals surface area contributed by atoms with Gasteiger partial charge in [0.05, 0.1) is 49.6 Å². The first-order valence-electron chi connectivity index (χ1n) is 17.3. The third kappa shape index (κ3) is 8.03. The Morgan fingerprint density at radius 1 is 1.00 bits per heavy atom. The molecule has 3 aliphatic rings. The lowest BCUT2D eigenvalue weighted by Crippen LogP contribution is -2.54. The molecule has 12 nitrogen and oxygen atoms in total. The Balaban J connectivity index is 1.15. The van der Waals surface area contributed by atoms with Gasteiger partial charge in [-0.1, -0.05) is 6.07 Å².